The molecule has 0 aliphatic carbocycles. The van der Waals surface area contributed by atoms with Crippen molar-refractivity contribution >= 4 is 29.3 Å². The van der Waals surface area contributed by atoms with Gasteiger partial charge in [0.1, 0.15) is 10.3 Å². The zero-order valence-electron chi connectivity index (χ0n) is 10.2. The van der Waals surface area contributed by atoms with Crippen LogP contribution in [0.3, 0.4) is 0 Å². The maximum absolute atomic E-state index is 10.6. The van der Waals surface area contributed by atoms with Crippen molar-refractivity contribution in [2.45, 2.75) is 6.54 Å². The molecule has 19 heavy (non-hydrogen) atoms. The Labute approximate surface area is 119 Å². The summed E-state index contributed by atoms with van der Waals surface area (Å²) in [6, 6.07) is 3.54. The topological polar surface area (TPSA) is 74.9 Å². The van der Waals surface area contributed by atoms with Crippen LogP contribution < -0.4 is 0 Å². The van der Waals surface area contributed by atoms with E-state index in [9.17, 15) is 10.1 Å². The number of hydrogen-bond donors (Lipinski definition) is 0. The molecule has 1 aliphatic heterocycles. The van der Waals surface area contributed by atoms with Crippen molar-refractivity contribution in [3.63, 3.8) is 0 Å². The highest BCUT2D eigenvalue weighted by Crippen LogP contribution is 2.19. The minimum Gasteiger partial charge on any atom is -0.331 e. The predicted octanol–water partition coefficient (Wildman–Crippen LogP) is 1.68. The standard InChI is InChI=1S/C10H12ClN5O2S/c1-14-6-19-7-15(10(14)13-16(17)18)5-8-2-3-9(11)12-4-8/h2-4H,5-7H2,1H3. The van der Waals surface area contributed by atoms with E-state index in [4.69, 9.17) is 11.6 Å². The molecule has 0 spiro atoms. The summed E-state index contributed by atoms with van der Waals surface area (Å²) in [7, 11) is 1.78. The zero-order valence-corrected chi connectivity index (χ0v) is 11.8. The van der Waals surface area contributed by atoms with Gasteiger partial charge in [0, 0.05) is 19.8 Å². The van der Waals surface area contributed by atoms with Crippen LogP contribution in [0.5, 0.6) is 0 Å². The van der Waals surface area contributed by atoms with Gasteiger partial charge in [0.2, 0.25) is 0 Å². The monoisotopic (exact) mass is 301 g/mol. The van der Waals surface area contributed by atoms with Gasteiger partial charge >= 0.3 is 0 Å². The van der Waals surface area contributed by atoms with Crippen LogP contribution in [0.1, 0.15) is 5.56 Å². The molecule has 0 unspecified atom stereocenters. The van der Waals surface area contributed by atoms with Crippen molar-refractivity contribution in [1.29, 1.82) is 0 Å². The zero-order chi connectivity index (χ0) is 13.8. The quantitative estimate of drug-likeness (QED) is 0.480. The van der Waals surface area contributed by atoms with E-state index < -0.39 is 5.03 Å². The predicted molar refractivity (Wildman–Crippen MR) is 74.3 cm³/mol. The van der Waals surface area contributed by atoms with Gasteiger partial charge in [0.05, 0.1) is 11.8 Å². The fourth-order valence-corrected chi connectivity index (χ4v) is 2.70. The molecule has 0 N–H and O–H groups in total. The number of pyridine rings is 1. The second kappa shape index (κ2) is 6.07. The van der Waals surface area contributed by atoms with Gasteiger partial charge < -0.3 is 9.80 Å². The molecular formula is C10H12ClN5O2S. The third kappa shape index (κ3) is 3.71. The second-order valence-electron chi connectivity index (χ2n) is 3.99. The minimum atomic E-state index is -0.672. The highest BCUT2D eigenvalue weighted by Gasteiger charge is 2.24. The molecule has 102 valence electrons. The molecule has 1 fully saturated rings. The van der Waals surface area contributed by atoms with E-state index in [0.717, 1.165) is 5.56 Å². The number of hydrogen-bond acceptors (Lipinski definition) is 4. The summed E-state index contributed by atoms with van der Waals surface area (Å²) in [4.78, 5) is 18.2. The van der Waals surface area contributed by atoms with Crippen molar-refractivity contribution in [1.82, 2.24) is 14.8 Å². The molecule has 1 saturated heterocycles. The van der Waals surface area contributed by atoms with Gasteiger partial charge in [-0.2, -0.15) is 0 Å². The summed E-state index contributed by atoms with van der Waals surface area (Å²) in [6.07, 6.45) is 1.66. The summed E-state index contributed by atoms with van der Waals surface area (Å²) in [5.74, 6) is 1.69. The lowest BCUT2D eigenvalue weighted by Gasteiger charge is -2.34. The molecular weight excluding hydrogens is 290 g/mol. The number of hydrazone groups is 1. The molecule has 1 aromatic rings. The van der Waals surface area contributed by atoms with Crippen LogP contribution in [0.2, 0.25) is 5.15 Å². The summed E-state index contributed by atoms with van der Waals surface area (Å²) >= 11 is 7.39. The Morgan fingerprint density at radius 1 is 1.58 bits per heavy atom. The first-order valence-corrected chi connectivity index (χ1v) is 6.97. The number of rotatable bonds is 3. The third-order valence-corrected chi connectivity index (χ3v) is 3.78. The molecule has 0 aromatic carbocycles. The van der Waals surface area contributed by atoms with Gasteiger partial charge in [0.25, 0.3) is 5.96 Å². The molecule has 7 nitrogen and oxygen atoms in total. The van der Waals surface area contributed by atoms with Crippen LogP contribution in [0.15, 0.2) is 23.4 Å². The van der Waals surface area contributed by atoms with Crippen molar-refractivity contribution in [3.8, 4) is 0 Å². The molecule has 9 heteroatoms. The number of nitrogens with zero attached hydrogens (tertiary/aromatic N) is 5. The average Bonchev–Trinajstić information content (AvgIpc) is 2.36. The first-order valence-electron chi connectivity index (χ1n) is 5.43. The van der Waals surface area contributed by atoms with E-state index in [1.54, 1.807) is 36.0 Å². The van der Waals surface area contributed by atoms with E-state index in [1.807, 2.05) is 11.0 Å². The number of guanidine groups is 1. The molecule has 0 bridgehead atoms. The van der Waals surface area contributed by atoms with Gasteiger partial charge in [-0.25, -0.2) is 15.1 Å². The maximum atomic E-state index is 10.6. The van der Waals surface area contributed by atoms with Crippen molar-refractivity contribution in [2.24, 2.45) is 5.10 Å². The molecule has 0 amide bonds. The van der Waals surface area contributed by atoms with Gasteiger partial charge in [0.15, 0.2) is 5.03 Å². The fraction of sp³-hybridized carbons (Fsp3) is 0.400. The molecule has 2 rings (SSSR count). The first-order chi connectivity index (χ1) is 9.06. The van der Waals surface area contributed by atoms with E-state index in [1.165, 1.54) is 0 Å². The van der Waals surface area contributed by atoms with E-state index >= 15 is 0 Å². The maximum Gasteiger partial charge on any atom is 0.275 e. The van der Waals surface area contributed by atoms with Crippen LogP contribution in [-0.4, -0.2) is 44.6 Å². The van der Waals surface area contributed by atoms with Crippen molar-refractivity contribution < 1.29 is 5.03 Å². The number of nitro groups is 1. The Hall–Kier alpha value is -1.54. The lowest BCUT2D eigenvalue weighted by atomic mass is 10.3. The van der Waals surface area contributed by atoms with E-state index in [0.29, 0.717) is 29.4 Å². The smallest absolute Gasteiger partial charge is 0.275 e. The van der Waals surface area contributed by atoms with Gasteiger partial charge in [-0.1, -0.05) is 17.7 Å². The number of halogens is 1. The molecule has 0 atom stereocenters. The van der Waals surface area contributed by atoms with Crippen LogP contribution >= 0.6 is 23.4 Å². The minimum absolute atomic E-state index is 0.360. The largest absolute Gasteiger partial charge is 0.331 e. The Balaban J connectivity index is 2.16. The third-order valence-electron chi connectivity index (χ3n) is 2.49. The SMILES string of the molecule is CN1CSCN(Cc2ccc(Cl)nc2)C1=N[N+](=O)[O-]. The second-order valence-corrected chi connectivity index (χ2v) is 5.30. The summed E-state index contributed by atoms with van der Waals surface area (Å²) < 4.78 is 0. The van der Waals surface area contributed by atoms with Crippen LogP contribution in [0.25, 0.3) is 0 Å². The van der Waals surface area contributed by atoms with Crippen molar-refractivity contribution in [2.75, 3.05) is 18.8 Å². The van der Waals surface area contributed by atoms with Gasteiger partial charge in [-0.15, -0.1) is 11.8 Å². The summed E-state index contributed by atoms with van der Waals surface area (Å²) in [5, 5.41) is 13.8. The Bertz CT molecular complexity index is 495. The normalized spacial score (nSPS) is 17.9. The number of aromatic nitrogens is 1. The Morgan fingerprint density at radius 2 is 2.37 bits per heavy atom. The molecule has 2 heterocycles. The Kier molecular flexibility index (Phi) is 4.43. The van der Waals surface area contributed by atoms with Crippen molar-refractivity contribution in [3.05, 3.63) is 39.2 Å². The average molecular weight is 302 g/mol. The highest BCUT2D eigenvalue weighted by atomic mass is 35.5. The van der Waals surface area contributed by atoms with Gasteiger partial charge in [-0.3, -0.25) is 0 Å². The van der Waals surface area contributed by atoms with Crippen LogP contribution in [-0.2, 0) is 6.54 Å². The molecule has 1 aromatic heterocycles. The van der Waals surface area contributed by atoms with Crippen LogP contribution in [0, 0.1) is 10.1 Å². The molecule has 0 saturated carbocycles. The lowest BCUT2D eigenvalue weighted by molar-refractivity contribution is -0.486. The first kappa shape index (κ1) is 13.9. The van der Waals surface area contributed by atoms with Crippen LogP contribution in [0.4, 0.5) is 0 Å². The summed E-state index contributed by atoms with van der Waals surface area (Å²) in [5.41, 5.74) is 0.927. The lowest BCUT2D eigenvalue weighted by Crippen LogP contribution is -2.46. The van der Waals surface area contributed by atoms with E-state index in [2.05, 4.69) is 10.1 Å². The summed E-state index contributed by atoms with van der Waals surface area (Å²) in [6.45, 7) is 0.508. The molecule has 1 aliphatic rings. The van der Waals surface area contributed by atoms with Gasteiger partial charge in [-0.05, 0) is 11.6 Å². The highest BCUT2D eigenvalue weighted by molar-refractivity contribution is 7.99. The number of thioether (sulfide) groups is 1. The molecule has 0 radical (unpaired) electrons. The van der Waals surface area contributed by atoms with E-state index in [-0.39, 0.29) is 0 Å². The fourth-order valence-electron chi connectivity index (χ4n) is 1.69. The Morgan fingerprint density at radius 3 is 3.00 bits per heavy atom.